The monoisotopic (exact) mass is 382 g/mol. The van der Waals surface area contributed by atoms with Crippen molar-refractivity contribution in [1.82, 2.24) is 10.2 Å². The molecule has 1 aliphatic heterocycles. The average Bonchev–Trinajstić information content (AvgIpc) is 3.15. The number of fused-ring (bicyclic) bond motifs is 2. The van der Waals surface area contributed by atoms with E-state index in [9.17, 15) is 14.4 Å². The number of ketones is 1. The third kappa shape index (κ3) is 2.70. The summed E-state index contributed by atoms with van der Waals surface area (Å²) in [5.41, 5.74) is 3.33. The van der Waals surface area contributed by atoms with Crippen molar-refractivity contribution < 1.29 is 14.4 Å². The second kappa shape index (κ2) is 6.30. The van der Waals surface area contributed by atoms with E-state index in [2.05, 4.69) is 5.32 Å². The number of hydrogen-bond donors (Lipinski definition) is 1. The van der Waals surface area contributed by atoms with Gasteiger partial charge in [0.1, 0.15) is 5.54 Å². The maximum absolute atomic E-state index is 13.2. The molecule has 2 heterocycles. The predicted octanol–water partition coefficient (Wildman–Crippen LogP) is 3.64. The van der Waals surface area contributed by atoms with Crippen LogP contribution >= 0.6 is 11.3 Å². The Bertz CT molecular complexity index is 955. The number of Topliss-reactive ketones (excluding diaryl/α,β-unsaturated/α-hetero) is 1. The highest BCUT2D eigenvalue weighted by molar-refractivity contribution is 7.10. The van der Waals surface area contributed by atoms with Crippen LogP contribution in [0.1, 0.15) is 50.3 Å². The van der Waals surface area contributed by atoms with Crippen molar-refractivity contribution in [3.05, 3.63) is 56.3 Å². The molecule has 140 valence electrons. The van der Waals surface area contributed by atoms with Gasteiger partial charge < -0.3 is 5.32 Å². The quantitative estimate of drug-likeness (QED) is 0.651. The van der Waals surface area contributed by atoms with Gasteiger partial charge in [0.15, 0.2) is 5.78 Å². The van der Waals surface area contributed by atoms with Gasteiger partial charge in [-0.15, -0.1) is 11.3 Å². The number of rotatable bonds is 3. The summed E-state index contributed by atoms with van der Waals surface area (Å²) in [7, 11) is 0. The molecule has 6 heteroatoms. The molecule has 3 amide bonds. The van der Waals surface area contributed by atoms with Gasteiger partial charge in [-0.25, -0.2) is 4.79 Å². The van der Waals surface area contributed by atoms with Crippen LogP contribution in [-0.4, -0.2) is 29.2 Å². The number of benzene rings is 1. The minimum Gasteiger partial charge on any atom is -0.319 e. The van der Waals surface area contributed by atoms with Gasteiger partial charge in [0.2, 0.25) is 0 Å². The molecule has 27 heavy (non-hydrogen) atoms. The molecule has 2 aliphatic rings. The van der Waals surface area contributed by atoms with Crippen molar-refractivity contribution in [3.8, 4) is 0 Å². The van der Waals surface area contributed by atoms with E-state index in [1.165, 1.54) is 0 Å². The Morgan fingerprint density at radius 1 is 1.22 bits per heavy atom. The van der Waals surface area contributed by atoms with Crippen molar-refractivity contribution >= 4 is 29.1 Å². The Balaban J connectivity index is 1.64. The van der Waals surface area contributed by atoms with Gasteiger partial charge in [0, 0.05) is 16.0 Å². The van der Waals surface area contributed by atoms with Crippen LogP contribution in [-0.2, 0) is 16.8 Å². The highest BCUT2D eigenvalue weighted by Gasteiger charge is 2.54. The number of nitrogens with zero attached hydrogens (tertiary/aromatic N) is 1. The number of urea groups is 1. The van der Waals surface area contributed by atoms with Crippen LogP contribution in [0.5, 0.6) is 0 Å². The van der Waals surface area contributed by atoms with Crippen molar-refractivity contribution in [1.29, 1.82) is 0 Å². The molecule has 4 rings (SSSR count). The van der Waals surface area contributed by atoms with Crippen molar-refractivity contribution in [2.45, 2.75) is 45.6 Å². The Labute approximate surface area is 162 Å². The molecule has 0 bridgehead atoms. The minimum atomic E-state index is -0.998. The van der Waals surface area contributed by atoms with Crippen molar-refractivity contribution in [2.75, 3.05) is 6.54 Å². The third-order valence-corrected chi connectivity index (χ3v) is 6.57. The summed E-state index contributed by atoms with van der Waals surface area (Å²) in [5, 5.41) is 4.86. The molecule has 1 aliphatic carbocycles. The van der Waals surface area contributed by atoms with Gasteiger partial charge in [-0.2, -0.15) is 0 Å². The molecule has 1 aromatic heterocycles. The Morgan fingerprint density at radius 3 is 2.63 bits per heavy atom. The standard InChI is InChI=1S/C21H22N2O3S/c1-12-9-13(2)18(14(3)10-12)16(24)11-23-19(25)21(22-20(23)26)7-4-5-17-15(21)6-8-27-17/h6,8-10H,4-5,7,11H2,1-3H3,(H,22,26)/t21-/m0/s1. The van der Waals surface area contributed by atoms with E-state index >= 15 is 0 Å². The van der Waals surface area contributed by atoms with Gasteiger partial charge in [-0.1, -0.05) is 17.7 Å². The Hall–Kier alpha value is -2.47. The summed E-state index contributed by atoms with van der Waals surface area (Å²) in [6.45, 7) is 5.53. The molecular formula is C21H22N2O3S. The van der Waals surface area contributed by atoms with Crippen molar-refractivity contribution in [3.63, 3.8) is 0 Å². The lowest BCUT2D eigenvalue weighted by atomic mass is 9.80. The van der Waals surface area contributed by atoms with Crippen molar-refractivity contribution in [2.24, 2.45) is 0 Å². The Kier molecular flexibility index (Phi) is 4.18. The molecule has 1 aromatic carbocycles. The predicted molar refractivity (Wildman–Crippen MR) is 104 cm³/mol. The maximum Gasteiger partial charge on any atom is 0.325 e. The summed E-state index contributed by atoms with van der Waals surface area (Å²) in [6.07, 6.45) is 2.35. The summed E-state index contributed by atoms with van der Waals surface area (Å²) >= 11 is 1.62. The molecular weight excluding hydrogens is 360 g/mol. The molecule has 5 nitrogen and oxygen atoms in total. The first-order chi connectivity index (χ1) is 12.8. The number of thiophene rings is 1. The van der Waals surface area contributed by atoms with Gasteiger partial charge in [0.25, 0.3) is 5.91 Å². The lowest BCUT2D eigenvalue weighted by molar-refractivity contribution is -0.131. The molecule has 2 aromatic rings. The number of nitrogens with one attached hydrogen (secondary N) is 1. The van der Waals surface area contributed by atoms with E-state index < -0.39 is 11.6 Å². The molecule has 1 saturated heterocycles. The largest absolute Gasteiger partial charge is 0.325 e. The molecule has 1 atom stereocenters. The van der Waals surface area contributed by atoms with E-state index in [0.29, 0.717) is 12.0 Å². The summed E-state index contributed by atoms with van der Waals surface area (Å²) in [5.74, 6) is -0.505. The fourth-order valence-electron chi connectivity index (χ4n) is 4.53. The van der Waals surface area contributed by atoms with Crippen LogP contribution in [0.3, 0.4) is 0 Å². The third-order valence-electron chi connectivity index (χ3n) is 5.59. The first-order valence-electron chi connectivity index (χ1n) is 9.15. The van der Waals surface area contributed by atoms with Crippen LogP contribution in [0.2, 0.25) is 0 Å². The zero-order chi connectivity index (χ0) is 19.3. The maximum atomic E-state index is 13.2. The number of imide groups is 1. The summed E-state index contributed by atoms with van der Waals surface area (Å²) in [6, 6.07) is 5.35. The van der Waals surface area contributed by atoms with E-state index in [0.717, 1.165) is 44.9 Å². The molecule has 0 saturated carbocycles. The van der Waals surface area contributed by atoms with Crippen LogP contribution in [0.4, 0.5) is 4.79 Å². The van der Waals surface area contributed by atoms with Crippen LogP contribution < -0.4 is 5.32 Å². The fourth-order valence-corrected chi connectivity index (χ4v) is 5.53. The second-order valence-electron chi connectivity index (χ2n) is 7.53. The van der Waals surface area contributed by atoms with E-state index in [-0.39, 0.29) is 18.2 Å². The highest BCUT2D eigenvalue weighted by atomic mass is 32.1. The van der Waals surface area contributed by atoms with E-state index in [4.69, 9.17) is 0 Å². The fraction of sp³-hybridized carbons (Fsp3) is 0.381. The summed E-state index contributed by atoms with van der Waals surface area (Å²) in [4.78, 5) is 41.0. The average molecular weight is 382 g/mol. The number of amides is 3. The number of aryl methyl sites for hydroxylation is 4. The Morgan fingerprint density at radius 2 is 1.93 bits per heavy atom. The lowest BCUT2D eigenvalue weighted by Crippen LogP contribution is -2.46. The molecule has 0 radical (unpaired) electrons. The number of hydrogen-bond acceptors (Lipinski definition) is 4. The lowest BCUT2D eigenvalue weighted by Gasteiger charge is -2.31. The first-order valence-corrected chi connectivity index (χ1v) is 10.0. The normalized spacial score (nSPS) is 21.5. The topological polar surface area (TPSA) is 66.5 Å². The molecule has 1 fully saturated rings. The van der Waals surface area contributed by atoms with Gasteiger partial charge in [-0.05, 0) is 62.6 Å². The number of carbonyl (C=O) groups is 3. The van der Waals surface area contributed by atoms with Gasteiger partial charge in [-0.3, -0.25) is 14.5 Å². The van der Waals surface area contributed by atoms with Crippen LogP contribution in [0.15, 0.2) is 23.6 Å². The second-order valence-corrected chi connectivity index (χ2v) is 8.54. The zero-order valence-corrected chi connectivity index (χ0v) is 16.5. The molecule has 1 spiro atoms. The van der Waals surface area contributed by atoms with Crippen LogP contribution in [0, 0.1) is 20.8 Å². The van der Waals surface area contributed by atoms with Crippen LogP contribution in [0.25, 0.3) is 0 Å². The highest BCUT2D eigenvalue weighted by Crippen LogP contribution is 2.42. The minimum absolute atomic E-state index is 0.202. The first kappa shape index (κ1) is 17.9. The van der Waals surface area contributed by atoms with Gasteiger partial charge in [0.05, 0.1) is 6.54 Å². The SMILES string of the molecule is Cc1cc(C)c(C(=O)CN2C(=O)N[C@]3(CCCc4sccc43)C2=O)c(C)c1. The van der Waals surface area contributed by atoms with E-state index in [1.807, 2.05) is 44.4 Å². The molecule has 1 N–H and O–H groups in total. The van der Waals surface area contributed by atoms with Gasteiger partial charge >= 0.3 is 6.03 Å². The molecule has 0 unspecified atom stereocenters. The number of carbonyl (C=O) groups excluding carboxylic acids is 3. The summed E-state index contributed by atoms with van der Waals surface area (Å²) < 4.78 is 0. The van der Waals surface area contributed by atoms with E-state index in [1.54, 1.807) is 11.3 Å². The smallest absolute Gasteiger partial charge is 0.319 e. The zero-order valence-electron chi connectivity index (χ0n) is 15.7.